The second kappa shape index (κ2) is 7.82. The Morgan fingerprint density at radius 1 is 0.897 bits per heavy atom. The van der Waals surface area contributed by atoms with Gasteiger partial charge in [0.15, 0.2) is 0 Å². The van der Waals surface area contributed by atoms with Crippen LogP contribution in [0.3, 0.4) is 0 Å². The minimum absolute atomic E-state index is 0.169. The number of aromatic nitrogens is 1. The van der Waals surface area contributed by atoms with E-state index in [4.69, 9.17) is 4.98 Å². The Balaban J connectivity index is 1.37. The van der Waals surface area contributed by atoms with E-state index in [-0.39, 0.29) is 11.9 Å². The van der Waals surface area contributed by atoms with Gasteiger partial charge in [0.05, 0.1) is 18.2 Å². The molecule has 0 saturated carbocycles. The highest BCUT2D eigenvalue weighted by Crippen LogP contribution is 2.37. The number of anilines is 3. The summed E-state index contributed by atoms with van der Waals surface area (Å²) in [7, 11) is 0. The molecule has 5 nitrogen and oxygen atoms in total. The van der Waals surface area contributed by atoms with E-state index in [0.717, 1.165) is 68.9 Å². The molecule has 0 aliphatic carbocycles. The highest BCUT2D eigenvalue weighted by Gasteiger charge is 2.41. The molecule has 4 heterocycles. The van der Waals surface area contributed by atoms with Crippen molar-refractivity contribution < 1.29 is 9.50 Å². The van der Waals surface area contributed by atoms with Crippen LogP contribution in [0.2, 0.25) is 0 Å². The first-order chi connectivity index (χ1) is 14.2. The highest BCUT2D eigenvalue weighted by molar-refractivity contribution is 5.58. The average Bonchev–Trinajstić information content (AvgIpc) is 3.18. The van der Waals surface area contributed by atoms with Gasteiger partial charge in [-0.25, -0.2) is 9.37 Å². The quantitative estimate of drug-likeness (QED) is 0.861. The van der Waals surface area contributed by atoms with Gasteiger partial charge in [0.2, 0.25) is 0 Å². The monoisotopic (exact) mass is 396 g/mol. The predicted molar refractivity (Wildman–Crippen MR) is 114 cm³/mol. The van der Waals surface area contributed by atoms with E-state index in [1.54, 1.807) is 12.1 Å². The van der Waals surface area contributed by atoms with Crippen molar-refractivity contribution in [2.24, 2.45) is 0 Å². The molecule has 0 unspecified atom stereocenters. The first-order valence-electron chi connectivity index (χ1n) is 10.9. The normalized spacial score (nSPS) is 27.2. The van der Waals surface area contributed by atoms with Gasteiger partial charge in [-0.1, -0.05) is 6.07 Å². The summed E-state index contributed by atoms with van der Waals surface area (Å²) in [6, 6.07) is 12.0. The molecule has 2 aromatic rings. The first-order valence-corrected chi connectivity index (χ1v) is 10.9. The van der Waals surface area contributed by atoms with Crippen LogP contribution in [0.15, 0.2) is 42.6 Å². The maximum absolute atomic E-state index is 13.8. The van der Waals surface area contributed by atoms with Crippen LogP contribution < -0.4 is 14.7 Å². The molecule has 3 aliphatic heterocycles. The maximum Gasteiger partial charge on any atom is 0.130 e. The van der Waals surface area contributed by atoms with Gasteiger partial charge in [-0.3, -0.25) is 0 Å². The number of benzene rings is 1. The minimum atomic E-state index is -0.241. The molecule has 0 radical (unpaired) electrons. The van der Waals surface area contributed by atoms with Crippen molar-refractivity contribution in [2.45, 2.75) is 50.3 Å². The molecule has 1 N–H and O–H groups in total. The van der Waals surface area contributed by atoms with Gasteiger partial charge in [-0.2, -0.15) is 0 Å². The van der Waals surface area contributed by atoms with E-state index in [2.05, 4.69) is 26.8 Å². The Bertz CT molecular complexity index is 862. The van der Waals surface area contributed by atoms with Crippen molar-refractivity contribution in [3.63, 3.8) is 0 Å². The van der Waals surface area contributed by atoms with Crippen LogP contribution in [0, 0.1) is 5.82 Å². The molecule has 1 aromatic heterocycles. The molecule has 3 fully saturated rings. The average molecular weight is 397 g/mol. The topological polar surface area (TPSA) is 42.8 Å². The van der Waals surface area contributed by atoms with E-state index < -0.39 is 0 Å². The summed E-state index contributed by atoms with van der Waals surface area (Å²) in [6.07, 6.45) is 6.88. The fourth-order valence-electron chi connectivity index (χ4n) is 5.40. The predicted octanol–water partition coefficient (Wildman–Crippen LogP) is 3.43. The lowest BCUT2D eigenvalue weighted by atomic mass is 9.96. The number of hydrogen-bond donors (Lipinski definition) is 1. The van der Waals surface area contributed by atoms with Crippen molar-refractivity contribution in [1.29, 1.82) is 0 Å². The van der Waals surface area contributed by atoms with E-state index in [0.29, 0.717) is 18.6 Å². The fraction of sp³-hybridized carbons (Fsp3) is 0.522. The van der Waals surface area contributed by atoms with Crippen molar-refractivity contribution in [1.82, 2.24) is 4.98 Å². The van der Waals surface area contributed by atoms with Crippen LogP contribution in [0.1, 0.15) is 32.1 Å². The Morgan fingerprint density at radius 2 is 1.76 bits per heavy atom. The van der Waals surface area contributed by atoms with Gasteiger partial charge in [0.25, 0.3) is 0 Å². The summed E-state index contributed by atoms with van der Waals surface area (Å²) in [5, 5.41) is 10.0. The fourth-order valence-corrected chi connectivity index (χ4v) is 5.40. The molecule has 5 rings (SSSR count). The number of nitrogens with zero attached hydrogens (tertiary/aromatic N) is 4. The zero-order chi connectivity index (χ0) is 19.8. The van der Waals surface area contributed by atoms with Gasteiger partial charge < -0.3 is 19.8 Å². The third-order valence-electron chi connectivity index (χ3n) is 6.73. The number of aliphatic hydroxyl groups is 1. The lowest BCUT2D eigenvalue weighted by molar-refractivity contribution is 0.154. The van der Waals surface area contributed by atoms with E-state index in [1.807, 2.05) is 12.3 Å². The molecular weight excluding hydrogens is 367 g/mol. The number of aliphatic hydroxyl groups excluding tert-OH is 1. The number of rotatable bonds is 3. The molecule has 0 spiro atoms. The molecule has 1 aromatic carbocycles. The van der Waals surface area contributed by atoms with Crippen molar-refractivity contribution >= 4 is 17.2 Å². The largest absolute Gasteiger partial charge is 0.391 e. The Kier molecular flexibility index (Phi) is 5.04. The van der Waals surface area contributed by atoms with E-state index in [1.165, 1.54) is 6.07 Å². The number of pyridine rings is 1. The summed E-state index contributed by atoms with van der Waals surface area (Å²) in [6.45, 7) is 3.64. The van der Waals surface area contributed by atoms with Crippen LogP contribution in [0.4, 0.5) is 21.6 Å². The summed E-state index contributed by atoms with van der Waals surface area (Å²) >= 11 is 0. The van der Waals surface area contributed by atoms with Crippen molar-refractivity contribution in [3.05, 3.63) is 48.4 Å². The lowest BCUT2D eigenvalue weighted by Gasteiger charge is -2.41. The second-order valence-electron chi connectivity index (χ2n) is 8.55. The Hall–Kier alpha value is -2.34. The van der Waals surface area contributed by atoms with Gasteiger partial charge in [0, 0.05) is 49.8 Å². The summed E-state index contributed by atoms with van der Waals surface area (Å²) in [4.78, 5) is 11.8. The number of piperidine rings is 2. The molecule has 3 saturated heterocycles. The molecule has 0 amide bonds. The van der Waals surface area contributed by atoms with E-state index in [9.17, 15) is 9.50 Å². The number of fused-ring (bicyclic) bond motifs is 1. The molecular formula is C23H29FN4O. The third-order valence-corrected chi connectivity index (χ3v) is 6.73. The molecule has 6 heteroatoms. The Morgan fingerprint density at radius 3 is 2.62 bits per heavy atom. The van der Waals surface area contributed by atoms with Gasteiger partial charge in [-0.15, -0.1) is 0 Å². The minimum Gasteiger partial charge on any atom is -0.391 e. The zero-order valence-electron chi connectivity index (χ0n) is 16.8. The highest BCUT2D eigenvalue weighted by atomic mass is 19.1. The number of hydrogen-bond acceptors (Lipinski definition) is 5. The van der Waals surface area contributed by atoms with Gasteiger partial charge in [0.1, 0.15) is 11.6 Å². The second-order valence-corrected chi connectivity index (χ2v) is 8.55. The van der Waals surface area contributed by atoms with Crippen LogP contribution in [-0.2, 0) is 0 Å². The van der Waals surface area contributed by atoms with Crippen LogP contribution in [0.5, 0.6) is 0 Å². The molecule has 0 bridgehead atoms. The van der Waals surface area contributed by atoms with Crippen LogP contribution >= 0.6 is 0 Å². The third kappa shape index (κ3) is 3.66. The summed E-state index contributed by atoms with van der Waals surface area (Å²) in [5.74, 6) is 0.855. The SMILES string of the molecule is O[C@H]1CCCN(c2ccnc(N3CC[C@H]4[C@@H]3CCCN4c3cccc(F)c3)c2)C1. The standard InChI is InChI=1S/C23H29FN4O/c24-17-4-1-5-19(14-17)27-12-3-7-21-22(27)9-13-28(21)23-15-18(8-10-25-23)26-11-2-6-20(29)16-26/h1,4-5,8,10,14-15,20-22,29H,2-3,6-7,9,11-13,16H2/t20-,21-,22-/m0/s1. The Labute approximate surface area is 171 Å². The zero-order valence-corrected chi connectivity index (χ0v) is 16.8. The van der Waals surface area contributed by atoms with Gasteiger partial charge >= 0.3 is 0 Å². The van der Waals surface area contributed by atoms with E-state index >= 15 is 0 Å². The molecule has 3 aliphatic rings. The lowest BCUT2D eigenvalue weighted by Crippen LogP contribution is -2.50. The van der Waals surface area contributed by atoms with Crippen LogP contribution in [0.25, 0.3) is 0 Å². The first kappa shape index (κ1) is 18.7. The molecule has 154 valence electrons. The molecule has 3 atom stereocenters. The summed E-state index contributed by atoms with van der Waals surface area (Å²) in [5.41, 5.74) is 2.14. The van der Waals surface area contributed by atoms with Crippen molar-refractivity contribution in [3.8, 4) is 0 Å². The molecule has 29 heavy (non-hydrogen) atoms. The van der Waals surface area contributed by atoms with Crippen molar-refractivity contribution in [2.75, 3.05) is 40.9 Å². The van der Waals surface area contributed by atoms with Gasteiger partial charge in [-0.05, 0) is 56.4 Å². The smallest absolute Gasteiger partial charge is 0.130 e. The number of halogens is 1. The number of β-amino-alcohol motifs (C(OH)–C–C–N with tert-alkyl or cyclic N) is 1. The maximum atomic E-state index is 13.8. The summed E-state index contributed by atoms with van der Waals surface area (Å²) < 4.78 is 13.8. The van der Waals surface area contributed by atoms with Crippen LogP contribution in [-0.4, -0.2) is 54.5 Å².